The molecule has 2 amide bonds. The highest BCUT2D eigenvalue weighted by atomic mass is 35.5. The molecule has 37 heavy (non-hydrogen) atoms. The van der Waals surface area contributed by atoms with Crippen LogP contribution in [-0.2, 0) is 19.3 Å². The summed E-state index contributed by atoms with van der Waals surface area (Å²) in [5.41, 5.74) is -0.326. The Kier molecular flexibility index (Phi) is 7.46. The van der Waals surface area contributed by atoms with Crippen molar-refractivity contribution in [3.05, 3.63) is 93.1 Å². The van der Waals surface area contributed by atoms with E-state index in [0.29, 0.717) is 16.6 Å². The lowest BCUT2D eigenvalue weighted by molar-refractivity contribution is -0.141. The number of amides is 2. The molecule has 0 fully saturated rings. The molecule has 0 saturated heterocycles. The van der Waals surface area contributed by atoms with Crippen molar-refractivity contribution in [3.63, 3.8) is 0 Å². The number of hydrogen-bond donors (Lipinski definition) is 3. The average molecular weight is 535 g/mol. The number of fused-ring (bicyclic) bond motifs is 1. The van der Waals surface area contributed by atoms with Crippen molar-refractivity contribution in [2.75, 3.05) is 11.9 Å². The summed E-state index contributed by atoms with van der Waals surface area (Å²) in [6.07, 6.45) is -4.72. The van der Waals surface area contributed by atoms with E-state index in [2.05, 4.69) is 15.6 Å². The Labute approximate surface area is 212 Å². The number of alkyl halides is 3. The summed E-state index contributed by atoms with van der Waals surface area (Å²) >= 11 is 5.81. The van der Waals surface area contributed by atoms with Crippen LogP contribution >= 0.6 is 11.6 Å². The van der Waals surface area contributed by atoms with Crippen LogP contribution in [0.4, 0.5) is 28.0 Å². The van der Waals surface area contributed by atoms with Gasteiger partial charge in [0, 0.05) is 30.1 Å². The van der Waals surface area contributed by atoms with E-state index in [1.165, 1.54) is 28.8 Å². The van der Waals surface area contributed by atoms with Crippen LogP contribution in [0.1, 0.15) is 11.3 Å². The monoisotopic (exact) mass is 534 g/mol. The first-order valence-corrected chi connectivity index (χ1v) is 11.3. The lowest BCUT2D eigenvalue weighted by atomic mass is 10.0. The van der Waals surface area contributed by atoms with Crippen LogP contribution in [-0.4, -0.2) is 27.3 Å². The quantitative estimate of drug-likeness (QED) is 0.297. The summed E-state index contributed by atoms with van der Waals surface area (Å²) in [5.74, 6) is -0.740. The summed E-state index contributed by atoms with van der Waals surface area (Å²) in [4.78, 5) is 28.5. The van der Waals surface area contributed by atoms with Crippen molar-refractivity contribution < 1.29 is 27.5 Å². The third kappa shape index (κ3) is 5.73. The number of pyridine rings is 2. The number of urea groups is 1. The SMILES string of the molecule is O=C(NCc1ccc(C(F)(F)F)nc1-c1ccc(F)c(Cl)c1)Nc1cccc2c1ccc(=O)n2CCO. The Balaban J connectivity index is 1.60. The molecular formula is C25H19ClF4N4O3. The van der Waals surface area contributed by atoms with E-state index in [4.69, 9.17) is 11.6 Å². The number of carbonyl (C=O) groups excluding carboxylic acids is 1. The van der Waals surface area contributed by atoms with Crippen LogP contribution in [0.25, 0.3) is 22.2 Å². The molecule has 0 atom stereocenters. The van der Waals surface area contributed by atoms with Crippen molar-refractivity contribution in [1.82, 2.24) is 14.9 Å². The molecule has 4 aromatic rings. The predicted molar refractivity (Wildman–Crippen MR) is 131 cm³/mol. The van der Waals surface area contributed by atoms with Crippen LogP contribution < -0.4 is 16.2 Å². The molecule has 192 valence electrons. The Bertz CT molecular complexity index is 1540. The summed E-state index contributed by atoms with van der Waals surface area (Å²) in [6.45, 7) is -0.385. The van der Waals surface area contributed by atoms with Gasteiger partial charge in [0.2, 0.25) is 0 Å². The van der Waals surface area contributed by atoms with Gasteiger partial charge in [-0.3, -0.25) is 4.79 Å². The standard InChI is InChI=1S/C25H19ClF4N4O3/c26-17-12-14(4-7-18(17)27)23-15(5-8-21(33-23)25(28,29)30)13-31-24(37)32-19-2-1-3-20-16(19)6-9-22(36)34(20)10-11-35/h1-9,12,35H,10-11,13H2,(H2,31,32,37). The zero-order valence-corrected chi connectivity index (χ0v) is 19.7. The number of aliphatic hydroxyl groups is 1. The van der Waals surface area contributed by atoms with E-state index in [9.17, 15) is 32.3 Å². The highest BCUT2D eigenvalue weighted by Crippen LogP contribution is 2.32. The minimum Gasteiger partial charge on any atom is -0.395 e. The number of aliphatic hydroxyl groups excluding tert-OH is 1. The van der Waals surface area contributed by atoms with Crippen LogP contribution in [0.2, 0.25) is 5.02 Å². The normalized spacial score (nSPS) is 11.5. The maximum absolute atomic E-state index is 13.6. The second-order valence-electron chi connectivity index (χ2n) is 7.92. The molecule has 0 aliphatic carbocycles. The van der Waals surface area contributed by atoms with E-state index in [-0.39, 0.29) is 47.1 Å². The smallest absolute Gasteiger partial charge is 0.395 e. The Morgan fingerprint density at radius 1 is 1.08 bits per heavy atom. The third-order valence-corrected chi connectivity index (χ3v) is 5.80. The van der Waals surface area contributed by atoms with Gasteiger partial charge in [-0.1, -0.05) is 23.7 Å². The number of anilines is 1. The molecule has 2 aromatic heterocycles. The highest BCUT2D eigenvalue weighted by molar-refractivity contribution is 6.31. The van der Waals surface area contributed by atoms with Crippen LogP contribution in [0.5, 0.6) is 0 Å². The first-order chi connectivity index (χ1) is 17.6. The first-order valence-electron chi connectivity index (χ1n) is 10.9. The summed E-state index contributed by atoms with van der Waals surface area (Å²) in [7, 11) is 0. The van der Waals surface area contributed by atoms with Crippen LogP contribution in [0, 0.1) is 5.82 Å². The summed E-state index contributed by atoms with van der Waals surface area (Å²) in [5, 5.41) is 14.7. The molecule has 2 heterocycles. The van der Waals surface area contributed by atoms with Gasteiger partial charge in [-0.15, -0.1) is 0 Å². The molecule has 2 aromatic carbocycles. The second-order valence-corrected chi connectivity index (χ2v) is 8.33. The van der Waals surface area contributed by atoms with E-state index in [1.807, 2.05) is 0 Å². The minimum absolute atomic E-state index is 0.0723. The zero-order chi connectivity index (χ0) is 26.7. The molecule has 0 unspecified atom stereocenters. The summed E-state index contributed by atoms with van der Waals surface area (Å²) < 4.78 is 54.8. The molecular weight excluding hydrogens is 516 g/mol. The number of halogens is 5. The van der Waals surface area contributed by atoms with Gasteiger partial charge in [-0.05, 0) is 48.0 Å². The van der Waals surface area contributed by atoms with Gasteiger partial charge in [0.05, 0.1) is 28.5 Å². The number of aromatic nitrogens is 2. The topological polar surface area (TPSA) is 96.3 Å². The van der Waals surface area contributed by atoms with Gasteiger partial charge in [0.15, 0.2) is 0 Å². The highest BCUT2D eigenvalue weighted by Gasteiger charge is 2.33. The average Bonchev–Trinajstić information content (AvgIpc) is 2.85. The van der Waals surface area contributed by atoms with Crippen molar-refractivity contribution in [2.24, 2.45) is 0 Å². The van der Waals surface area contributed by atoms with Gasteiger partial charge >= 0.3 is 12.2 Å². The fraction of sp³-hybridized carbons (Fsp3) is 0.160. The first kappa shape index (κ1) is 26.1. The van der Waals surface area contributed by atoms with E-state index in [1.54, 1.807) is 18.2 Å². The van der Waals surface area contributed by atoms with Crippen molar-refractivity contribution in [2.45, 2.75) is 19.3 Å². The van der Waals surface area contributed by atoms with Crippen molar-refractivity contribution >= 4 is 34.2 Å². The van der Waals surface area contributed by atoms with Crippen LogP contribution in [0.3, 0.4) is 0 Å². The molecule has 7 nitrogen and oxygen atoms in total. The zero-order valence-electron chi connectivity index (χ0n) is 18.9. The number of nitrogens with zero attached hydrogens (tertiary/aromatic N) is 2. The van der Waals surface area contributed by atoms with Crippen molar-refractivity contribution in [1.29, 1.82) is 0 Å². The molecule has 0 aliphatic rings. The fourth-order valence-electron chi connectivity index (χ4n) is 3.79. The fourth-order valence-corrected chi connectivity index (χ4v) is 3.97. The van der Waals surface area contributed by atoms with Gasteiger partial charge in [-0.2, -0.15) is 13.2 Å². The van der Waals surface area contributed by atoms with E-state index < -0.39 is 23.7 Å². The van der Waals surface area contributed by atoms with E-state index >= 15 is 0 Å². The van der Waals surface area contributed by atoms with Gasteiger partial charge in [0.1, 0.15) is 11.5 Å². The van der Waals surface area contributed by atoms with Crippen molar-refractivity contribution in [3.8, 4) is 11.3 Å². The number of benzene rings is 2. The number of carbonyl (C=O) groups is 1. The summed E-state index contributed by atoms with van der Waals surface area (Å²) in [6, 6.07) is 12.5. The third-order valence-electron chi connectivity index (χ3n) is 5.51. The van der Waals surface area contributed by atoms with Crippen LogP contribution in [0.15, 0.2) is 65.5 Å². The number of hydrogen-bond acceptors (Lipinski definition) is 4. The maximum atomic E-state index is 13.6. The number of rotatable bonds is 6. The Hall–Kier alpha value is -3.96. The second kappa shape index (κ2) is 10.6. The molecule has 4 rings (SSSR count). The number of nitrogens with one attached hydrogen (secondary N) is 2. The maximum Gasteiger partial charge on any atom is 0.433 e. The Morgan fingerprint density at radius 2 is 1.86 bits per heavy atom. The lowest BCUT2D eigenvalue weighted by Gasteiger charge is -2.15. The largest absolute Gasteiger partial charge is 0.433 e. The molecule has 3 N–H and O–H groups in total. The molecule has 0 bridgehead atoms. The van der Waals surface area contributed by atoms with E-state index in [0.717, 1.165) is 18.2 Å². The molecule has 0 radical (unpaired) electrons. The lowest BCUT2D eigenvalue weighted by Crippen LogP contribution is -2.29. The predicted octanol–water partition coefficient (Wildman–Crippen LogP) is 5.19. The molecule has 0 saturated carbocycles. The molecule has 0 spiro atoms. The Morgan fingerprint density at radius 3 is 2.57 bits per heavy atom. The minimum atomic E-state index is -4.72. The van der Waals surface area contributed by atoms with Gasteiger partial charge in [0.25, 0.3) is 5.56 Å². The molecule has 0 aliphatic heterocycles. The molecule has 12 heteroatoms. The van der Waals surface area contributed by atoms with Gasteiger partial charge in [-0.25, -0.2) is 14.2 Å². The van der Waals surface area contributed by atoms with Gasteiger partial charge < -0.3 is 20.3 Å².